The van der Waals surface area contributed by atoms with E-state index in [1.165, 1.54) is 4.90 Å². The van der Waals surface area contributed by atoms with E-state index in [1.807, 2.05) is 6.92 Å². The van der Waals surface area contributed by atoms with Gasteiger partial charge < -0.3 is 16.4 Å². The smallest absolute Gasteiger partial charge is 0.366 e. The second kappa shape index (κ2) is 10.7. The van der Waals surface area contributed by atoms with Gasteiger partial charge in [-0.2, -0.15) is 13.2 Å². The molecule has 0 aromatic heterocycles. The SMILES string of the molecule is CCNC(=NCc1ccc(C(N)=O)cc1)NC1CCN(CC(F)(F)F)C1.I. The Morgan fingerprint density at radius 1 is 1.33 bits per heavy atom. The number of hydrogen-bond donors (Lipinski definition) is 3. The minimum Gasteiger partial charge on any atom is -0.366 e. The van der Waals surface area contributed by atoms with E-state index in [1.54, 1.807) is 24.3 Å². The minimum absolute atomic E-state index is 0. The van der Waals surface area contributed by atoms with Crippen LogP contribution < -0.4 is 16.4 Å². The van der Waals surface area contributed by atoms with Crippen molar-refractivity contribution in [2.24, 2.45) is 10.7 Å². The Labute approximate surface area is 173 Å². The lowest BCUT2D eigenvalue weighted by molar-refractivity contribution is -0.143. The van der Waals surface area contributed by atoms with Crippen molar-refractivity contribution in [1.82, 2.24) is 15.5 Å². The van der Waals surface area contributed by atoms with Gasteiger partial charge in [0, 0.05) is 31.2 Å². The van der Waals surface area contributed by atoms with Gasteiger partial charge >= 0.3 is 6.18 Å². The second-order valence-corrected chi connectivity index (χ2v) is 6.24. The van der Waals surface area contributed by atoms with Gasteiger partial charge in [-0.3, -0.25) is 9.69 Å². The number of halogens is 4. The maximum atomic E-state index is 12.5. The molecule has 1 aliphatic rings. The Balaban J connectivity index is 0.00000364. The number of nitrogens with zero attached hydrogens (tertiary/aromatic N) is 2. The molecule has 1 aliphatic heterocycles. The number of benzene rings is 1. The van der Waals surface area contributed by atoms with Crippen molar-refractivity contribution in [2.45, 2.75) is 32.1 Å². The lowest BCUT2D eigenvalue weighted by Crippen LogP contribution is -2.45. The number of likely N-dealkylation sites (tertiary alicyclic amines) is 1. The van der Waals surface area contributed by atoms with E-state index >= 15 is 0 Å². The van der Waals surface area contributed by atoms with Crippen molar-refractivity contribution < 1.29 is 18.0 Å². The van der Waals surface area contributed by atoms with Crippen LogP contribution in [0.3, 0.4) is 0 Å². The number of alkyl halides is 3. The Kier molecular flexibility index (Phi) is 9.30. The molecule has 1 unspecified atom stereocenters. The number of guanidine groups is 1. The molecule has 10 heteroatoms. The summed E-state index contributed by atoms with van der Waals surface area (Å²) in [4.78, 5) is 16.9. The number of rotatable bonds is 6. The molecule has 27 heavy (non-hydrogen) atoms. The summed E-state index contributed by atoms with van der Waals surface area (Å²) < 4.78 is 37.4. The molecule has 0 aliphatic carbocycles. The van der Waals surface area contributed by atoms with Crippen LogP contribution in [0.5, 0.6) is 0 Å². The standard InChI is InChI=1S/C17H24F3N5O.HI/c1-2-22-16(23-9-12-3-5-13(6-4-12)15(21)26)24-14-7-8-25(10-14)11-17(18,19)20;/h3-6,14H,2,7-11H2,1H3,(H2,21,26)(H2,22,23,24);1H. The lowest BCUT2D eigenvalue weighted by atomic mass is 10.1. The summed E-state index contributed by atoms with van der Waals surface area (Å²) in [5.74, 6) is 0.0741. The zero-order valence-electron chi connectivity index (χ0n) is 15.1. The number of nitrogens with one attached hydrogen (secondary N) is 2. The van der Waals surface area contributed by atoms with Gasteiger partial charge in [-0.1, -0.05) is 12.1 Å². The van der Waals surface area contributed by atoms with Gasteiger partial charge in [0.2, 0.25) is 5.91 Å². The van der Waals surface area contributed by atoms with Crippen LogP contribution in [-0.4, -0.2) is 55.2 Å². The molecule has 6 nitrogen and oxygen atoms in total. The third-order valence-electron chi connectivity index (χ3n) is 4.02. The van der Waals surface area contributed by atoms with E-state index in [0.29, 0.717) is 44.1 Å². The molecule has 1 aromatic carbocycles. The molecule has 1 heterocycles. The van der Waals surface area contributed by atoms with Crippen molar-refractivity contribution in [2.75, 3.05) is 26.2 Å². The number of hydrogen-bond acceptors (Lipinski definition) is 3. The Morgan fingerprint density at radius 3 is 2.56 bits per heavy atom. The fourth-order valence-electron chi connectivity index (χ4n) is 2.81. The largest absolute Gasteiger partial charge is 0.401 e. The number of primary amides is 1. The van der Waals surface area contributed by atoms with Gasteiger partial charge in [-0.15, -0.1) is 24.0 Å². The Bertz CT molecular complexity index is 636. The van der Waals surface area contributed by atoms with Crippen molar-refractivity contribution in [1.29, 1.82) is 0 Å². The third-order valence-corrected chi connectivity index (χ3v) is 4.02. The highest BCUT2D eigenvalue weighted by Crippen LogP contribution is 2.19. The van der Waals surface area contributed by atoms with Crippen molar-refractivity contribution in [3.63, 3.8) is 0 Å². The third kappa shape index (κ3) is 8.33. The summed E-state index contributed by atoms with van der Waals surface area (Å²) in [6, 6.07) is 6.74. The zero-order valence-corrected chi connectivity index (χ0v) is 17.4. The van der Waals surface area contributed by atoms with Crippen LogP contribution in [0.15, 0.2) is 29.3 Å². The minimum atomic E-state index is -4.18. The fraction of sp³-hybridized carbons (Fsp3) is 0.529. The van der Waals surface area contributed by atoms with Gasteiger partial charge in [0.15, 0.2) is 5.96 Å². The molecule has 152 valence electrons. The fourth-order valence-corrected chi connectivity index (χ4v) is 2.81. The quantitative estimate of drug-likeness (QED) is 0.318. The first-order valence-corrected chi connectivity index (χ1v) is 8.49. The zero-order chi connectivity index (χ0) is 19.2. The highest BCUT2D eigenvalue weighted by Gasteiger charge is 2.34. The summed E-state index contributed by atoms with van der Waals surface area (Å²) >= 11 is 0. The molecule has 0 saturated carbocycles. The highest BCUT2D eigenvalue weighted by molar-refractivity contribution is 14.0. The topological polar surface area (TPSA) is 82.7 Å². The molecule has 1 saturated heterocycles. The normalized spacial score (nSPS) is 18.1. The van der Waals surface area contributed by atoms with Crippen LogP contribution in [0.1, 0.15) is 29.3 Å². The number of carbonyl (C=O) groups is 1. The molecule has 1 atom stereocenters. The van der Waals surface area contributed by atoms with Crippen LogP contribution >= 0.6 is 24.0 Å². The maximum absolute atomic E-state index is 12.5. The molecule has 1 amide bonds. The summed E-state index contributed by atoms with van der Waals surface area (Å²) in [5, 5.41) is 6.28. The maximum Gasteiger partial charge on any atom is 0.401 e. The second-order valence-electron chi connectivity index (χ2n) is 6.24. The predicted octanol–water partition coefficient (Wildman–Crippen LogP) is 2.10. The first-order chi connectivity index (χ1) is 12.3. The summed E-state index contributed by atoms with van der Waals surface area (Å²) in [5.41, 5.74) is 6.54. The molecule has 1 fully saturated rings. The average molecular weight is 499 g/mol. The van der Waals surface area contributed by atoms with Crippen molar-refractivity contribution >= 4 is 35.8 Å². The van der Waals surface area contributed by atoms with Crippen LogP contribution in [-0.2, 0) is 6.54 Å². The molecule has 0 radical (unpaired) electrons. The van der Waals surface area contributed by atoms with Gasteiger partial charge in [0.1, 0.15) is 0 Å². The van der Waals surface area contributed by atoms with E-state index in [9.17, 15) is 18.0 Å². The first-order valence-electron chi connectivity index (χ1n) is 8.49. The molecular weight excluding hydrogens is 474 g/mol. The molecular formula is C17H25F3IN5O. The average Bonchev–Trinajstić information content (AvgIpc) is 2.98. The first kappa shape index (κ1) is 23.5. The summed E-state index contributed by atoms with van der Waals surface area (Å²) in [7, 11) is 0. The van der Waals surface area contributed by atoms with Gasteiger partial charge in [0.25, 0.3) is 0 Å². The number of aliphatic imine (C=N–C) groups is 1. The monoisotopic (exact) mass is 499 g/mol. The van der Waals surface area contributed by atoms with Gasteiger partial charge in [-0.05, 0) is 31.0 Å². The molecule has 4 N–H and O–H groups in total. The predicted molar refractivity (Wildman–Crippen MR) is 109 cm³/mol. The summed E-state index contributed by atoms with van der Waals surface area (Å²) in [6.07, 6.45) is -3.54. The number of carbonyl (C=O) groups excluding carboxylic acids is 1. The molecule has 0 bridgehead atoms. The summed E-state index contributed by atoms with van der Waals surface area (Å²) in [6.45, 7) is 2.80. The van der Waals surface area contributed by atoms with Crippen LogP contribution in [0.25, 0.3) is 0 Å². The van der Waals surface area contributed by atoms with Gasteiger partial charge in [0.05, 0.1) is 13.1 Å². The lowest BCUT2D eigenvalue weighted by Gasteiger charge is -2.19. The van der Waals surface area contributed by atoms with E-state index in [0.717, 1.165) is 5.56 Å². The number of nitrogens with two attached hydrogens (primary N) is 1. The van der Waals surface area contributed by atoms with Crippen LogP contribution in [0.2, 0.25) is 0 Å². The molecule has 0 spiro atoms. The van der Waals surface area contributed by atoms with Gasteiger partial charge in [-0.25, -0.2) is 4.99 Å². The number of amides is 1. The van der Waals surface area contributed by atoms with E-state index in [4.69, 9.17) is 5.73 Å². The van der Waals surface area contributed by atoms with E-state index in [-0.39, 0.29) is 30.0 Å². The van der Waals surface area contributed by atoms with Crippen LogP contribution in [0.4, 0.5) is 13.2 Å². The van der Waals surface area contributed by atoms with E-state index in [2.05, 4.69) is 15.6 Å². The van der Waals surface area contributed by atoms with Crippen molar-refractivity contribution in [3.05, 3.63) is 35.4 Å². The molecule has 1 aromatic rings. The van der Waals surface area contributed by atoms with Crippen molar-refractivity contribution in [3.8, 4) is 0 Å². The Morgan fingerprint density at radius 2 is 2.00 bits per heavy atom. The Hall–Kier alpha value is -1.56. The van der Waals surface area contributed by atoms with E-state index < -0.39 is 18.6 Å². The van der Waals surface area contributed by atoms with Crippen LogP contribution in [0, 0.1) is 0 Å². The molecule has 2 rings (SSSR count). The highest BCUT2D eigenvalue weighted by atomic mass is 127.